The van der Waals surface area contributed by atoms with E-state index in [9.17, 15) is 9.59 Å². The number of methoxy groups -OCH3 is 1. The molecule has 0 saturated carbocycles. The summed E-state index contributed by atoms with van der Waals surface area (Å²) >= 11 is 0. The lowest BCUT2D eigenvalue weighted by Gasteiger charge is -2.16. The standard InChI is InChI=1S/C18H20N2O4/c1-12-16(4-6-24-12)17(21)20-5-3-13(11-20)7-14-8-15(10-19-9-14)18(22)23-2/h4,6,8-10,13H,3,5,7,11H2,1-2H3. The first-order chi connectivity index (χ1) is 11.6. The second-order valence-electron chi connectivity index (χ2n) is 6.07. The lowest BCUT2D eigenvalue weighted by atomic mass is 9.99. The molecule has 1 atom stereocenters. The van der Waals surface area contributed by atoms with Crippen LogP contribution >= 0.6 is 0 Å². The lowest BCUT2D eigenvalue weighted by molar-refractivity contribution is 0.0600. The van der Waals surface area contributed by atoms with Crippen LogP contribution in [0.25, 0.3) is 0 Å². The number of pyridine rings is 1. The van der Waals surface area contributed by atoms with Crippen LogP contribution in [0.3, 0.4) is 0 Å². The van der Waals surface area contributed by atoms with E-state index in [1.165, 1.54) is 13.3 Å². The quantitative estimate of drug-likeness (QED) is 0.806. The highest BCUT2D eigenvalue weighted by atomic mass is 16.5. The summed E-state index contributed by atoms with van der Waals surface area (Å²) in [5.74, 6) is 0.641. The third kappa shape index (κ3) is 3.32. The summed E-state index contributed by atoms with van der Waals surface area (Å²) in [4.78, 5) is 30.1. The largest absolute Gasteiger partial charge is 0.469 e. The molecule has 0 bridgehead atoms. The van der Waals surface area contributed by atoms with Gasteiger partial charge < -0.3 is 14.1 Å². The molecule has 0 spiro atoms. The molecule has 0 radical (unpaired) electrons. The molecule has 6 heteroatoms. The Morgan fingerprint density at radius 3 is 2.96 bits per heavy atom. The zero-order valence-corrected chi connectivity index (χ0v) is 13.8. The molecular formula is C18H20N2O4. The van der Waals surface area contributed by atoms with E-state index in [-0.39, 0.29) is 11.9 Å². The number of hydrogen-bond donors (Lipinski definition) is 0. The van der Waals surface area contributed by atoms with Gasteiger partial charge in [-0.1, -0.05) is 0 Å². The van der Waals surface area contributed by atoms with Gasteiger partial charge in [0.15, 0.2) is 0 Å². The number of rotatable bonds is 4. The summed E-state index contributed by atoms with van der Waals surface area (Å²) in [6, 6.07) is 3.53. The number of aryl methyl sites for hydroxylation is 1. The van der Waals surface area contributed by atoms with Crippen LogP contribution in [-0.2, 0) is 11.2 Å². The minimum atomic E-state index is -0.386. The molecule has 2 aromatic heterocycles. The Morgan fingerprint density at radius 1 is 1.42 bits per heavy atom. The van der Waals surface area contributed by atoms with Gasteiger partial charge in [-0.2, -0.15) is 0 Å². The van der Waals surface area contributed by atoms with E-state index in [4.69, 9.17) is 9.15 Å². The van der Waals surface area contributed by atoms with Crippen molar-refractivity contribution in [3.05, 3.63) is 53.2 Å². The summed E-state index contributed by atoms with van der Waals surface area (Å²) in [5.41, 5.74) is 2.07. The fraction of sp³-hybridized carbons (Fsp3) is 0.389. The normalized spacial score (nSPS) is 17.1. The molecular weight excluding hydrogens is 308 g/mol. The summed E-state index contributed by atoms with van der Waals surface area (Å²) in [6.07, 6.45) is 6.52. The fourth-order valence-corrected chi connectivity index (χ4v) is 3.12. The lowest BCUT2D eigenvalue weighted by Crippen LogP contribution is -2.29. The summed E-state index contributed by atoms with van der Waals surface area (Å²) < 4.78 is 9.94. The van der Waals surface area contributed by atoms with Crippen molar-refractivity contribution in [3.8, 4) is 0 Å². The number of furan rings is 1. The van der Waals surface area contributed by atoms with Gasteiger partial charge in [0.25, 0.3) is 5.91 Å². The summed E-state index contributed by atoms with van der Waals surface area (Å²) in [7, 11) is 1.35. The number of carbonyl (C=O) groups excluding carboxylic acids is 2. The first kappa shape index (κ1) is 16.2. The second-order valence-corrected chi connectivity index (χ2v) is 6.07. The number of likely N-dealkylation sites (tertiary alicyclic amines) is 1. The first-order valence-electron chi connectivity index (χ1n) is 7.94. The van der Waals surface area contributed by atoms with Crippen molar-refractivity contribution in [2.24, 2.45) is 5.92 Å². The molecule has 2 aromatic rings. The van der Waals surface area contributed by atoms with Gasteiger partial charge in [0, 0.05) is 25.5 Å². The molecule has 1 aliphatic rings. The Balaban J connectivity index is 1.63. The Bertz CT molecular complexity index is 753. The Hall–Kier alpha value is -2.63. The zero-order valence-electron chi connectivity index (χ0n) is 13.8. The van der Waals surface area contributed by atoms with Crippen LogP contribution < -0.4 is 0 Å². The molecule has 0 aliphatic carbocycles. The van der Waals surface area contributed by atoms with E-state index in [1.54, 1.807) is 25.5 Å². The third-order valence-electron chi connectivity index (χ3n) is 4.40. The van der Waals surface area contributed by atoms with Crippen molar-refractivity contribution < 1.29 is 18.7 Å². The Labute approximate surface area is 140 Å². The van der Waals surface area contributed by atoms with Crippen molar-refractivity contribution in [1.82, 2.24) is 9.88 Å². The average Bonchev–Trinajstić information content (AvgIpc) is 3.23. The topological polar surface area (TPSA) is 72.6 Å². The number of nitrogens with zero attached hydrogens (tertiary/aromatic N) is 2. The van der Waals surface area contributed by atoms with Crippen LogP contribution in [0.15, 0.2) is 35.2 Å². The van der Waals surface area contributed by atoms with Gasteiger partial charge in [0.2, 0.25) is 0 Å². The minimum absolute atomic E-state index is 0.0187. The van der Waals surface area contributed by atoms with Crippen LogP contribution in [-0.4, -0.2) is 42.0 Å². The van der Waals surface area contributed by atoms with Crippen molar-refractivity contribution in [2.75, 3.05) is 20.2 Å². The van der Waals surface area contributed by atoms with Crippen LogP contribution in [0.1, 0.15) is 38.5 Å². The maximum Gasteiger partial charge on any atom is 0.339 e. The SMILES string of the molecule is COC(=O)c1cncc(CC2CCN(C(=O)c3ccoc3C)C2)c1. The molecule has 24 heavy (non-hydrogen) atoms. The molecule has 0 aromatic carbocycles. The summed E-state index contributed by atoms with van der Waals surface area (Å²) in [6.45, 7) is 3.23. The van der Waals surface area contributed by atoms with Crippen LogP contribution in [0, 0.1) is 12.8 Å². The van der Waals surface area contributed by atoms with E-state index in [0.29, 0.717) is 29.3 Å². The smallest absolute Gasteiger partial charge is 0.339 e. The summed E-state index contributed by atoms with van der Waals surface area (Å²) in [5, 5.41) is 0. The van der Waals surface area contributed by atoms with Gasteiger partial charge >= 0.3 is 5.97 Å². The predicted octanol–water partition coefficient (Wildman–Crippen LogP) is 2.47. The number of esters is 1. The second kappa shape index (κ2) is 6.86. The van der Waals surface area contributed by atoms with Crippen LogP contribution in [0.5, 0.6) is 0 Å². The molecule has 1 fully saturated rings. The molecule has 1 amide bonds. The van der Waals surface area contributed by atoms with Gasteiger partial charge in [-0.25, -0.2) is 4.79 Å². The van der Waals surface area contributed by atoms with Gasteiger partial charge in [0.1, 0.15) is 5.76 Å². The zero-order chi connectivity index (χ0) is 17.1. The van der Waals surface area contributed by atoms with Crippen molar-refractivity contribution in [1.29, 1.82) is 0 Å². The van der Waals surface area contributed by atoms with E-state index >= 15 is 0 Å². The predicted molar refractivity (Wildman–Crippen MR) is 86.7 cm³/mol. The molecule has 1 saturated heterocycles. The molecule has 3 rings (SSSR count). The molecule has 0 N–H and O–H groups in total. The van der Waals surface area contributed by atoms with Gasteiger partial charge in [-0.05, 0) is 43.4 Å². The number of carbonyl (C=O) groups is 2. The van der Waals surface area contributed by atoms with Gasteiger partial charge in [-0.15, -0.1) is 0 Å². The molecule has 1 unspecified atom stereocenters. The fourth-order valence-electron chi connectivity index (χ4n) is 3.12. The van der Waals surface area contributed by atoms with Crippen molar-refractivity contribution >= 4 is 11.9 Å². The Kier molecular flexibility index (Phi) is 4.64. The highest BCUT2D eigenvalue weighted by molar-refractivity contribution is 5.95. The Morgan fingerprint density at radius 2 is 2.25 bits per heavy atom. The van der Waals surface area contributed by atoms with Gasteiger partial charge in [0.05, 0.1) is 24.5 Å². The highest BCUT2D eigenvalue weighted by Crippen LogP contribution is 2.23. The first-order valence-corrected chi connectivity index (χ1v) is 7.94. The molecule has 126 valence electrons. The van der Waals surface area contributed by atoms with Crippen LogP contribution in [0.2, 0.25) is 0 Å². The molecule has 1 aliphatic heterocycles. The molecule has 6 nitrogen and oxygen atoms in total. The van der Waals surface area contributed by atoms with E-state index in [0.717, 1.165) is 24.9 Å². The number of amides is 1. The van der Waals surface area contributed by atoms with E-state index in [2.05, 4.69) is 4.98 Å². The monoisotopic (exact) mass is 328 g/mol. The van der Waals surface area contributed by atoms with Crippen molar-refractivity contribution in [3.63, 3.8) is 0 Å². The van der Waals surface area contributed by atoms with E-state index < -0.39 is 0 Å². The van der Waals surface area contributed by atoms with Crippen LogP contribution in [0.4, 0.5) is 0 Å². The van der Waals surface area contributed by atoms with Gasteiger partial charge in [-0.3, -0.25) is 9.78 Å². The molecule has 3 heterocycles. The number of ether oxygens (including phenoxy) is 1. The highest BCUT2D eigenvalue weighted by Gasteiger charge is 2.28. The number of hydrogen-bond acceptors (Lipinski definition) is 5. The minimum Gasteiger partial charge on any atom is -0.469 e. The van der Waals surface area contributed by atoms with E-state index in [1.807, 2.05) is 11.0 Å². The third-order valence-corrected chi connectivity index (χ3v) is 4.40. The maximum atomic E-state index is 12.5. The maximum absolute atomic E-state index is 12.5. The number of aromatic nitrogens is 1. The van der Waals surface area contributed by atoms with Crippen molar-refractivity contribution in [2.45, 2.75) is 19.8 Å². The average molecular weight is 328 g/mol.